The predicted octanol–water partition coefficient (Wildman–Crippen LogP) is 2.77. The van der Waals surface area contributed by atoms with Crippen LogP contribution < -0.4 is 5.32 Å². The molecule has 2 aliphatic heterocycles. The Morgan fingerprint density at radius 2 is 1.93 bits per heavy atom. The second-order valence-corrected chi connectivity index (χ2v) is 9.24. The minimum absolute atomic E-state index is 0.00858. The summed E-state index contributed by atoms with van der Waals surface area (Å²) in [5.74, 6) is 1.06. The van der Waals surface area contributed by atoms with Crippen LogP contribution in [-0.4, -0.2) is 71.5 Å². The van der Waals surface area contributed by atoms with Crippen LogP contribution in [-0.2, 0) is 11.3 Å². The molecule has 7 nitrogen and oxygen atoms in total. The highest BCUT2D eigenvalue weighted by Gasteiger charge is 2.25. The smallest absolute Gasteiger partial charge is 0.229 e. The average molecular weight is 401 g/mol. The number of carbonyl (C=O) groups is 1. The van der Waals surface area contributed by atoms with E-state index in [-0.39, 0.29) is 11.8 Å². The van der Waals surface area contributed by atoms with Gasteiger partial charge in [-0.15, -0.1) is 0 Å². The molecule has 7 heteroatoms. The highest BCUT2D eigenvalue weighted by atomic mass is 16.2. The summed E-state index contributed by atoms with van der Waals surface area (Å²) < 4.78 is 1.98. The van der Waals surface area contributed by atoms with E-state index in [0.717, 1.165) is 69.2 Å². The van der Waals surface area contributed by atoms with Crippen LogP contribution in [0, 0.1) is 11.3 Å². The highest BCUT2D eigenvalue weighted by molar-refractivity contribution is 5.93. The van der Waals surface area contributed by atoms with Gasteiger partial charge in [0.25, 0.3) is 0 Å². The quantitative estimate of drug-likeness (QED) is 0.797. The molecule has 160 valence electrons. The summed E-state index contributed by atoms with van der Waals surface area (Å²) in [4.78, 5) is 22.2. The molecule has 1 saturated heterocycles. The Kier molecular flexibility index (Phi) is 6.90. The molecule has 0 radical (unpaired) electrons. The van der Waals surface area contributed by atoms with E-state index in [9.17, 15) is 4.79 Å². The first kappa shape index (κ1) is 21.7. The number of nitrogens with zero attached hydrogens (tertiary/aromatic N) is 5. The maximum atomic E-state index is 12.6. The lowest BCUT2D eigenvalue weighted by atomic mass is 9.95. The largest absolute Gasteiger partial charge is 0.325 e. The molecule has 0 aromatic carbocycles. The molecular formula is C22H36N6O. The lowest BCUT2D eigenvalue weighted by molar-refractivity contribution is -0.127. The van der Waals surface area contributed by atoms with Crippen LogP contribution in [0.25, 0.3) is 5.70 Å². The van der Waals surface area contributed by atoms with Crippen molar-refractivity contribution in [1.29, 1.82) is 0 Å². The third-order valence-corrected chi connectivity index (χ3v) is 5.71. The summed E-state index contributed by atoms with van der Waals surface area (Å²) in [6.07, 6.45) is 7.91. The first-order valence-electron chi connectivity index (χ1n) is 10.8. The average Bonchev–Trinajstić information content (AvgIpc) is 2.99. The molecule has 1 fully saturated rings. The summed E-state index contributed by atoms with van der Waals surface area (Å²) in [5, 5.41) is 7.71. The summed E-state index contributed by atoms with van der Waals surface area (Å²) in [7, 11) is 2.18. The zero-order valence-electron chi connectivity index (χ0n) is 18.6. The Bertz CT molecular complexity index is 765. The van der Waals surface area contributed by atoms with Crippen molar-refractivity contribution in [1.82, 2.24) is 24.9 Å². The SMILES string of the molecule is CCC1C=Nc2c(cnn2CCCN2CCN(C)CC2)C(NC(=O)C(C)(C)C)=C1. The van der Waals surface area contributed by atoms with E-state index in [2.05, 4.69) is 40.3 Å². The van der Waals surface area contributed by atoms with Crippen molar-refractivity contribution in [2.45, 2.75) is 47.1 Å². The van der Waals surface area contributed by atoms with E-state index in [0.29, 0.717) is 0 Å². The fourth-order valence-corrected chi connectivity index (χ4v) is 3.54. The Morgan fingerprint density at radius 1 is 1.21 bits per heavy atom. The van der Waals surface area contributed by atoms with E-state index in [1.807, 2.05) is 37.9 Å². The number of nitrogens with one attached hydrogen (secondary N) is 1. The molecule has 0 spiro atoms. The van der Waals surface area contributed by atoms with E-state index >= 15 is 0 Å². The predicted molar refractivity (Wildman–Crippen MR) is 118 cm³/mol. The van der Waals surface area contributed by atoms with Crippen LogP contribution in [0.15, 0.2) is 17.3 Å². The van der Waals surface area contributed by atoms with Crippen molar-refractivity contribution in [3.8, 4) is 0 Å². The standard InChI is InChI=1S/C22H36N6O/c1-6-17-14-19(25-21(29)22(2,3)4)18-16-24-28(20(18)23-15-17)9-7-8-27-12-10-26(5)11-13-27/h14-17H,6-13H2,1-5H3,(H,25,29). The van der Waals surface area contributed by atoms with Crippen LogP contribution in [0.3, 0.4) is 0 Å². The van der Waals surface area contributed by atoms with Crippen LogP contribution in [0.1, 0.15) is 46.1 Å². The number of carbonyl (C=O) groups excluding carboxylic acids is 1. The van der Waals surface area contributed by atoms with Gasteiger partial charge in [0.2, 0.25) is 5.91 Å². The first-order valence-corrected chi connectivity index (χ1v) is 10.8. The lowest BCUT2D eigenvalue weighted by Gasteiger charge is -2.32. The Hall–Kier alpha value is -1.99. The number of hydrogen-bond acceptors (Lipinski definition) is 5. The van der Waals surface area contributed by atoms with Crippen LogP contribution in [0.2, 0.25) is 0 Å². The van der Waals surface area contributed by atoms with E-state index in [4.69, 9.17) is 4.99 Å². The molecule has 1 atom stereocenters. The van der Waals surface area contributed by atoms with E-state index in [1.54, 1.807) is 0 Å². The fraction of sp³-hybridized carbons (Fsp3) is 0.682. The topological polar surface area (TPSA) is 65.8 Å². The van der Waals surface area contributed by atoms with Crippen molar-refractivity contribution in [2.24, 2.45) is 16.3 Å². The number of aliphatic imine (C=N–C) groups is 1. The third kappa shape index (κ3) is 5.54. The van der Waals surface area contributed by atoms with Gasteiger partial charge in [0.1, 0.15) is 0 Å². The minimum atomic E-state index is -0.450. The zero-order valence-corrected chi connectivity index (χ0v) is 18.6. The number of aromatic nitrogens is 2. The third-order valence-electron chi connectivity index (χ3n) is 5.71. The maximum absolute atomic E-state index is 12.6. The second kappa shape index (κ2) is 9.22. The molecule has 0 bridgehead atoms. The molecule has 0 saturated carbocycles. The number of hydrogen-bond donors (Lipinski definition) is 1. The summed E-state index contributed by atoms with van der Waals surface area (Å²) in [5.41, 5.74) is 1.29. The minimum Gasteiger partial charge on any atom is -0.325 e. The molecule has 0 aliphatic carbocycles. The van der Waals surface area contributed by atoms with Crippen molar-refractivity contribution in [3.63, 3.8) is 0 Å². The molecule has 1 unspecified atom stereocenters. The monoisotopic (exact) mass is 400 g/mol. The number of amides is 1. The van der Waals surface area contributed by atoms with Crippen molar-refractivity contribution >= 4 is 23.6 Å². The molecule has 3 rings (SSSR count). The summed E-state index contributed by atoms with van der Waals surface area (Å²) >= 11 is 0. The van der Waals surface area contributed by atoms with Crippen LogP contribution in [0.4, 0.5) is 5.82 Å². The van der Waals surface area contributed by atoms with Crippen LogP contribution >= 0.6 is 0 Å². The number of allylic oxidation sites excluding steroid dienone is 1. The van der Waals surface area contributed by atoms with Gasteiger partial charge in [0.15, 0.2) is 5.82 Å². The molecule has 2 aliphatic rings. The van der Waals surface area contributed by atoms with Gasteiger partial charge in [0.05, 0.1) is 17.5 Å². The van der Waals surface area contributed by atoms with Gasteiger partial charge in [0, 0.05) is 56.8 Å². The maximum Gasteiger partial charge on any atom is 0.229 e. The van der Waals surface area contributed by atoms with Gasteiger partial charge < -0.3 is 15.1 Å². The normalized spacial score (nSPS) is 20.9. The molecule has 1 N–H and O–H groups in total. The number of piperazine rings is 1. The number of rotatable bonds is 6. The van der Waals surface area contributed by atoms with E-state index < -0.39 is 5.41 Å². The molecular weight excluding hydrogens is 364 g/mol. The van der Waals surface area contributed by atoms with Crippen molar-refractivity contribution in [2.75, 3.05) is 39.8 Å². The molecule has 3 heterocycles. The number of fused-ring (bicyclic) bond motifs is 1. The van der Waals surface area contributed by atoms with Gasteiger partial charge in [-0.05, 0) is 19.9 Å². The van der Waals surface area contributed by atoms with Gasteiger partial charge >= 0.3 is 0 Å². The zero-order chi connectivity index (χ0) is 21.0. The second-order valence-electron chi connectivity index (χ2n) is 9.24. The molecule has 1 aromatic heterocycles. The number of likely N-dealkylation sites (N-methyl/N-ethyl adjacent to an activating group) is 1. The van der Waals surface area contributed by atoms with Crippen molar-refractivity contribution in [3.05, 3.63) is 17.8 Å². The fourth-order valence-electron chi connectivity index (χ4n) is 3.54. The molecule has 1 amide bonds. The van der Waals surface area contributed by atoms with E-state index in [1.165, 1.54) is 0 Å². The Labute approximate surface area is 174 Å². The van der Waals surface area contributed by atoms with Gasteiger partial charge in [-0.1, -0.05) is 33.8 Å². The van der Waals surface area contributed by atoms with Gasteiger partial charge in [-0.25, -0.2) is 9.67 Å². The highest BCUT2D eigenvalue weighted by Crippen LogP contribution is 2.30. The summed E-state index contributed by atoms with van der Waals surface area (Å²) in [6.45, 7) is 14.4. The summed E-state index contributed by atoms with van der Waals surface area (Å²) in [6, 6.07) is 0. The number of aryl methyl sites for hydroxylation is 1. The Morgan fingerprint density at radius 3 is 2.59 bits per heavy atom. The Balaban J connectivity index is 1.70. The lowest BCUT2D eigenvalue weighted by Crippen LogP contribution is -2.44. The van der Waals surface area contributed by atoms with Crippen molar-refractivity contribution < 1.29 is 4.79 Å². The molecule has 29 heavy (non-hydrogen) atoms. The van der Waals surface area contributed by atoms with Crippen LogP contribution in [0.5, 0.6) is 0 Å². The molecule has 1 aromatic rings. The van der Waals surface area contributed by atoms with Gasteiger partial charge in [-0.3, -0.25) is 4.79 Å². The van der Waals surface area contributed by atoms with Gasteiger partial charge in [-0.2, -0.15) is 5.10 Å². The first-order chi connectivity index (χ1) is 13.8.